The van der Waals surface area contributed by atoms with Gasteiger partial charge in [-0.1, -0.05) is 24.3 Å². The van der Waals surface area contributed by atoms with Crippen LogP contribution in [0.4, 0.5) is 0 Å². The first kappa shape index (κ1) is 20.3. The molecular formula is C19H30N4O3S. The fourth-order valence-corrected chi connectivity index (χ4v) is 5.04. The van der Waals surface area contributed by atoms with Crippen molar-refractivity contribution in [2.45, 2.75) is 25.3 Å². The standard InChI is InChI=1S/C19H30N4O3S/c1-20(2)27(25,26)23-13-11-22(12-14-23)15-19(24)21(3)18-10-6-8-16-7-4-5-9-17(16)18/h4-5,7,9,18H,6,8,10-15H2,1-3H3/t18-/m1/s1. The van der Waals surface area contributed by atoms with Gasteiger partial charge in [-0.05, 0) is 30.4 Å². The van der Waals surface area contributed by atoms with Gasteiger partial charge in [0.25, 0.3) is 10.2 Å². The van der Waals surface area contributed by atoms with Gasteiger partial charge in [0, 0.05) is 47.3 Å². The van der Waals surface area contributed by atoms with Crippen LogP contribution in [0.3, 0.4) is 0 Å². The molecule has 0 spiro atoms. The molecule has 1 amide bonds. The Hall–Kier alpha value is -1.48. The van der Waals surface area contributed by atoms with E-state index in [9.17, 15) is 13.2 Å². The van der Waals surface area contributed by atoms with Gasteiger partial charge in [-0.15, -0.1) is 0 Å². The number of aryl methyl sites for hydroxylation is 1. The molecule has 1 aliphatic heterocycles. The quantitative estimate of drug-likeness (QED) is 0.746. The van der Waals surface area contributed by atoms with Crippen LogP contribution in [-0.2, 0) is 21.4 Å². The van der Waals surface area contributed by atoms with Crippen LogP contribution in [-0.4, -0.2) is 86.6 Å². The molecule has 1 fully saturated rings. The molecule has 0 aromatic heterocycles. The van der Waals surface area contributed by atoms with Gasteiger partial charge in [-0.3, -0.25) is 9.69 Å². The highest BCUT2D eigenvalue weighted by atomic mass is 32.2. The molecule has 0 unspecified atom stereocenters. The largest absolute Gasteiger partial charge is 0.338 e. The summed E-state index contributed by atoms with van der Waals surface area (Å²) in [5.74, 6) is 0.0978. The van der Waals surface area contributed by atoms with Crippen LogP contribution in [0.15, 0.2) is 24.3 Å². The number of rotatable bonds is 5. The van der Waals surface area contributed by atoms with Crippen LogP contribution in [0, 0.1) is 0 Å². The zero-order valence-corrected chi connectivity index (χ0v) is 17.3. The number of fused-ring (bicyclic) bond motifs is 1. The van der Waals surface area contributed by atoms with Crippen LogP contribution < -0.4 is 0 Å². The zero-order valence-electron chi connectivity index (χ0n) is 16.5. The van der Waals surface area contributed by atoms with Gasteiger partial charge in [0.05, 0.1) is 12.6 Å². The number of nitrogens with zero attached hydrogens (tertiary/aromatic N) is 4. The minimum Gasteiger partial charge on any atom is -0.338 e. The van der Waals surface area contributed by atoms with Crippen molar-refractivity contribution in [3.05, 3.63) is 35.4 Å². The Kier molecular flexibility index (Phi) is 6.20. The van der Waals surface area contributed by atoms with E-state index in [1.807, 2.05) is 18.0 Å². The lowest BCUT2D eigenvalue weighted by atomic mass is 9.87. The number of benzene rings is 1. The van der Waals surface area contributed by atoms with Crippen LogP contribution in [0.1, 0.15) is 30.0 Å². The zero-order chi connectivity index (χ0) is 19.6. The van der Waals surface area contributed by atoms with E-state index in [0.717, 1.165) is 19.3 Å². The Balaban J connectivity index is 1.58. The average molecular weight is 395 g/mol. The molecule has 3 rings (SSSR count). The predicted octanol–water partition coefficient (Wildman–Crippen LogP) is 0.946. The van der Waals surface area contributed by atoms with Crippen LogP contribution in [0.25, 0.3) is 0 Å². The number of carbonyl (C=O) groups is 1. The third-order valence-corrected chi connectivity index (χ3v) is 7.62. The van der Waals surface area contributed by atoms with Crippen molar-refractivity contribution in [1.82, 2.24) is 18.4 Å². The third-order valence-electron chi connectivity index (χ3n) is 5.68. The maximum absolute atomic E-state index is 12.9. The molecule has 0 N–H and O–H groups in total. The molecule has 27 heavy (non-hydrogen) atoms. The Bertz CT molecular complexity index is 773. The van der Waals surface area contributed by atoms with E-state index in [-0.39, 0.29) is 11.9 Å². The van der Waals surface area contributed by atoms with Crippen molar-refractivity contribution in [3.8, 4) is 0 Å². The second kappa shape index (κ2) is 8.26. The molecule has 1 aromatic rings. The highest BCUT2D eigenvalue weighted by molar-refractivity contribution is 7.86. The van der Waals surface area contributed by atoms with Gasteiger partial charge in [0.15, 0.2) is 0 Å². The maximum Gasteiger partial charge on any atom is 0.281 e. The lowest BCUT2D eigenvalue weighted by Crippen LogP contribution is -2.53. The van der Waals surface area contributed by atoms with E-state index in [2.05, 4.69) is 23.1 Å². The van der Waals surface area contributed by atoms with Crippen LogP contribution >= 0.6 is 0 Å². The summed E-state index contributed by atoms with van der Waals surface area (Å²) in [7, 11) is 1.60. The Morgan fingerprint density at radius 1 is 1.11 bits per heavy atom. The minimum atomic E-state index is -3.37. The summed E-state index contributed by atoms with van der Waals surface area (Å²) < 4.78 is 27.1. The molecular weight excluding hydrogens is 364 g/mol. The molecule has 150 valence electrons. The summed E-state index contributed by atoms with van der Waals surface area (Å²) in [5, 5.41) is 0. The van der Waals surface area contributed by atoms with E-state index < -0.39 is 10.2 Å². The van der Waals surface area contributed by atoms with Crippen LogP contribution in [0.5, 0.6) is 0 Å². The first-order valence-corrected chi connectivity index (χ1v) is 10.9. The lowest BCUT2D eigenvalue weighted by Gasteiger charge is -2.37. The summed E-state index contributed by atoms with van der Waals surface area (Å²) in [6.07, 6.45) is 3.17. The summed E-state index contributed by atoms with van der Waals surface area (Å²) in [6.45, 7) is 2.33. The first-order valence-electron chi connectivity index (χ1n) is 9.54. The molecule has 0 radical (unpaired) electrons. The third kappa shape index (κ3) is 4.34. The van der Waals surface area contributed by atoms with E-state index in [1.165, 1.54) is 19.7 Å². The van der Waals surface area contributed by atoms with Crippen LogP contribution in [0.2, 0.25) is 0 Å². The number of carbonyl (C=O) groups excluding carboxylic acids is 1. The fourth-order valence-electron chi connectivity index (χ4n) is 3.96. The Morgan fingerprint density at radius 3 is 2.44 bits per heavy atom. The number of piperazine rings is 1. The Morgan fingerprint density at radius 2 is 1.78 bits per heavy atom. The lowest BCUT2D eigenvalue weighted by molar-refractivity contribution is -0.133. The Labute approximate surface area is 162 Å². The topological polar surface area (TPSA) is 64.2 Å². The van der Waals surface area contributed by atoms with Gasteiger partial charge in [0.1, 0.15) is 0 Å². The molecule has 1 aliphatic carbocycles. The number of amides is 1. The van der Waals surface area contributed by atoms with Gasteiger partial charge in [0.2, 0.25) is 5.91 Å². The summed E-state index contributed by atoms with van der Waals surface area (Å²) in [6, 6.07) is 8.53. The smallest absolute Gasteiger partial charge is 0.281 e. The molecule has 8 heteroatoms. The fraction of sp³-hybridized carbons (Fsp3) is 0.632. The summed E-state index contributed by atoms with van der Waals surface area (Å²) in [4.78, 5) is 16.8. The van der Waals surface area contributed by atoms with Gasteiger partial charge < -0.3 is 4.90 Å². The van der Waals surface area contributed by atoms with Crippen molar-refractivity contribution in [2.24, 2.45) is 0 Å². The van der Waals surface area contributed by atoms with Crippen molar-refractivity contribution < 1.29 is 13.2 Å². The molecule has 7 nitrogen and oxygen atoms in total. The summed E-state index contributed by atoms with van der Waals surface area (Å²) >= 11 is 0. The monoisotopic (exact) mass is 394 g/mol. The molecule has 1 saturated heterocycles. The van der Waals surface area contributed by atoms with Gasteiger partial charge >= 0.3 is 0 Å². The summed E-state index contributed by atoms with van der Waals surface area (Å²) in [5.41, 5.74) is 2.61. The molecule has 0 bridgehead atoms. The minimum absolute atomic E-state index is 0.0978. The first-order chi connectivity index (χ1) is 12.8. The highest BCUT2D eigenvalue weighted by Gasteiger charge is 2.31. The van der Waals surface area contributed by atoms with Crippen molar-refractivity contribution >= 4 is 16.1 Å². The van der Waals surface area contributed by atoms with E-state index in [0.29, 0.717) is 32.7 Å². The van der Waals surface area contributed by atoms with Gasteiger partial charge in [-0.2, -0.15) is 17.0 Å². The van der Waals surface area contributed by atoms with Crippen molar-refractivity contribution in [3.63, 3.8) is 0 Å². The maximum atomic E-state index is 12.9. The van der Waals surface area contributed by atoms with E-state index >= 15 is 0 Å². The second-order valence-electron chi connectivity index (χ2n) is 7.58. The van der Waals surface area contributed by atoms with Crippen molar-refractivity contribution in [1.29, 1.82) is 0 Å². The highest BCUT2D eigenvalue weighted by Crippen LogP contribution is 2.33. The second-order valence-corrected chi connectivity index (χ2v) is 9.72. The van der Waals surface area contributed by atoms with E-state index in [4.69, 9.17) is 0 Å². The molecule has 1 heterocycles. The van der Waals surface area contributed by atoms with Gasteiger partial charge in [-0.25, -0.2) is 0 Å². The molecule has 2 aliphatic rings. The van der Waals surface area contributed by atoms with E-state index in [1.54, 1.807) is 14.1 Å². The normalized spacial score (nSPS) is 21.9. The number of hydrogen-bond acceptors (Lipinski definition) is 4. The van der Waals surface area contributed by atoms with Crippen molar-refractivity contribution in [2.75, 3.05) is 53.9 Å². The molecule has 1 aromatic carbocycles. The molecule has 0 saturated carbocycles. The molecule has 1 atom stereocenters. The predicted molar refractivity (Wildman–Crippen MR) is 106 cm³/mol. The number of hydrogen-bond donors (Lipinski definition) is 0. The average Bonchev–Trinajstić information content (AvgIpc) is 2.67. The number of likely N-dealkylation sites (N-methyl/N-ethyl adjacent to an activating group) is 1. The SMILES string of the molecule is CN(C(=O)CN1CCN(S(=O)(=O)N(C)C)CC1)[C@@H]1CCCc2ccccc21.